The molecule has 0 bridgehead atoms. The van der Waals surface area contributed by atoms with Crippen LogP contribution < -0.4 is 5.32 Å². The van der Waals surface area contributed by atoms with Crippen molar-refractivity contribution in [1.29, 1.82) is 5.26 Å². The normalized spacial score (nSPS) is 27.0. The summed E-state index contributed by atoms with van der Waals surface area (Å²) in [6.45, 7) is 1.60. The van der Waals surface area contributed by atoms with Gasteiger partial charge in [-0.2, -0.15) is 10.4 Å². The molecule has 1 saturated heterocycles. The monoisotopic (exact) mass is 329 g/mol. The fourth-order valence-electron chi connectivity index (χ4n) is 4.09. The van der Waals surface area contributed by atoms with Crippen LogP contribution in [0.15, 0.2) is 12.4 Å². The van der Waals surface area contributed by atoms with E-state index in [-0.39, 0.29) is 12.1 Å². The molecule has 3 atom stereocenters. The van der Waals surface area contributed by atoms with Crippen LogP contribution >= 0.6 is 0 Å². The molecule has 1 saturated carbocycles. The molecule has 130 valence electrons. The highest BCUT2D eigenvalue weighted by atomic mass is 16.2. The first-order valence-corrected chi connectivity index (χ1v) is 9.06. The highest BCUT2D eigenvalue weighted by Crippen LogP contribution is 2.29. The van der Waals surface area contributed by atoms with Gasteiger partial charge in [0.25, 0.3) is 0 Å². The Hall–Kier alpha value is -2.03. The van der Waals surface area contributed by atoms with Crippen LogP contribution in [-0.4, -0.2) is 39.8 Å². The Morgan fingerprint density at radius 3 is 3.08 bits per heavy atom. The van der Waals surface area contributed by atoms with Gasteiger partial charge in [0.2, 0.25) is 0 Å². The van der Waals surface area contributed by atoms with Crippen LogP contribution in [0, 0.1) is 17.2 Å². The van der Waals surface area contributed by atoms with Crippen molar-refractivity contribution < 1.29 is 4.79 Å². The molecule has 6 heteroatoms. The van der Waals surface area contributed by atoms with Gasteiger partial charge in [0.05, 0.1) is 12.3 Å². The molecule has 1 aliphatic carbocycles. The first-order chi connectivity index (χ1) is 11.7. The van der Waals surface area contributed by atoms with Crippen molar-refractivity contribution in [1.82, 2.24) is 20.0 Å². The molecular weight excluding hydrogens is 302 g/mol. The second-order valence-corrected chi connectivity index (χ2v) is 7.25. The van der Waals surface area contributed by atoms with Gasteiger partial charge in [0.15, 0.2) is 0 Å². The van der Waals surface area contributed by atoms with E-state index >= 15 is 0 Å². The summed E-state index contributed by atoms with van der Waals surface area (Å²) in [5.41, 5.74) is 1.22. The summed E-state index contributed by atoms with van der Waals surface area (Å²) in [6.07, 6.45) is 11.0. The Balaban J connectivity index is 1.48. The lowest BCUT2D eigenvalue weighted by Gasteiger charge is -2.31. The minimum Gasteiger partial charge on any atom is -0.335 e. The summed E-state index contributed by atoms with van der Waals surface area (Å²) in [6, 6.07) is 2.58. The van der Waals surface area contributed by atoms with Crippen molar-refractivity contribution in [3.05, 3.63) is 18.0 Å². The molecule has 0 spiro atoms. The maximum Gasteiger partial charge on any atom is 0.317 e. The summed E-state index contributed by atoms with van der Waals surface area (Å²) < 4.78 is 1.82. The summed E-state index contributed by atoms with van der Waals surface area (Å²) in [5, 5.41) is 16.2. The molecular formula is C18H27N5O. The number of carbonyl (C=O) groups excluding carboxylic acids is 1. The zero-order valence-electron chi connectivity index (χ0n) is 14.4. The fraction of sp³-hybridized carbons (Fsp3) is 0.722. The zero-order chi connectivity index (χ0) is 16.9. The lowest BCUT2D eigenvalue weighted by Crippen LogP contribution is -2.45. The lowest BCUT2D eigenvalue weighted by molar-refractivity contribution is 0.194. The third-order valence-electron chi connectivity index (χ3n) is 5.45. The standard InChI is InChI=1S/C18H27N5O/c1-22-12-16(11-20-22)15-7-9-23(13-15)18(24)21-17-6-2-4-14(10-17)5-3-8-19/h11-12,14-15,17H,2-7,9-10,13H2,1H3,(H,21,24)/t14?,15?,17-/m1/s1. The smallest absolute Gasteiger partial charge is 0.317 e. The number of amides is 2. The number of urea groups is 1. The number of aryl methyl sites for hydroxylation is 1. The quantitative estimate of drug-likeness (QED) is 0.923. The first kappa shape index (κ1) is 16.8. The maximum atomic E-state index is 12.6. The highest BCUT2D eigenvalue weighted by Gasteiger charge is 2.30. The minimum atomic E-state index is 0.0762. The largest absolute Gasteiger partial charge is 0.335 e. The van der Waals surface area contributed by atoms with Crippen molar-refractivity contribution in [2.24, 2.45) is 13.0 Å². The Morgan fingerprint density at radius 2 is 2.33 bits per heavy atom. The van der Waals surface area contributed by atoms with Crippen LogP contribution in [0.3, 0.4) is 0 Å². The van der Waals surface area contributed by atoms with Crippen LogP contribution in [0.4, 0.5) is 4.79 Å². The van der Waals surface area contributed by atoms with Crippen LogP contribution in [0.2, 0.25) is 0 Å². The zero-order valence-corrected chi connectivity index (χ0v) is 14.4. The van der Waals surface area contributed by atoms with Crippen LogP contribution in [0.1, 0.15) is 56.4 Å². The van der Waals surface area contributed by atoms with E-state index in [0.717, 1.165) is 45.2 Å². The third kappa shape index (κ3) is 4.08. The average Bonchev–Trinajstić information content (AvgIpc) is 3.22. The van der Waals surface area contributed by atoms with Gasteiger partial charge in [0.1, 0.15) is 0 Å². The van der Waals surface area contributed by atoms with Crippen molar-refractivity contribution in [2.45, 2.75) is 56.9 Å². The van der Waals surface area contributed by atoms with Crippen molar-refractivity contribution in [3.63, 3.8) is 0 Å². The van der Waals surface area contributed by atoms with Crippen molar-refractivity contribution in [3.8, 4) is 6.07 Å². The number of nitrogens with zero attached hydrogens (tertiary/aromatic N) is 4. The number of nitriles is 1. The lowest BCUT2D eigenvalue weighted by atomic mass is 9.83. The number of nitrogens with one attached hydrogen (secondary N) is 1. The second kappa shape index (κ2) is 7.69. The molecule has 0 radical (unpaired) electrons. The minimum absolute atomic E-state index is 0.0762. The topological polar surface area (TPSA) is 74.0 Å². The number of rotatable bonds is 4. The molecule has 2 fully saturated rings. The highest BCUT2D eigenvalue weighted by molar-refractivity contribution is 5.75. The van der Waals surface area contributed by atoms with E-state index in [1.54, 1.807) is 0 Å². The van der Waals surface area contributed by atoms with Gasteiger partial charge in [-0.3, -0.25) is 4.68 Å². The second-order valence-electron chi connectivity index (χ2n) is 7.25. The summed E-state index contributed by atoms with van der Waals surface area (Å²) in [5.74, 6) is 0.990. The molecule has 2 amide bonds. The van der Waals surface area contributed by atoms with E-state index in [1.807, 2.05) is 29.0 Å². The number of hydrogen-bond donors (Lipinski definition) is 1. The SMILES string of the molecule is Cn1cc(C2CCN(C(=O)N[C@@H]3CCCC(CCC#N)C3)C2)cn1. The Labute approximate surface area is 143 Å². The Morgan fingerprint density at radius 1 is 1.46 bits per heavy atom. The maximum absolute atomic E-state index is 12.6. The van der Waals surface area contributed by atoms with E-state index in [0.29, 0.717) is 18.3 Å². The van der Waals surface area contributed by atoms with Gasteiger partial charge >= 0.3 is 6.03 Å². The van der Waals surface area contributed by atoms with E-state index in [4.69, 9.17) is 5.26 Å². The van der Waals surface area contributed by atoms with Gasteiger partial charge in [0, 0.05) is 44.7 Å². The van der Waals surface area contributed by atoms with Gasteiger partial charge < -0.3 is 10.2 Å². The average molecular weight is 329 g/mol. The predicted octanol–water partition coefficient (Wildman–Crippen LogP) is 2.78. The van der Waals surface area contributed by atoms with E-state index in [9.17, 15) is 4.79 Å². The molecule has 24 heavy (non-hydrogen) atoms. The molecule has 0 aromatic carbocycles. The molecule has 6 nitrogen and oxygen atoms in total. The summed E-state index contributed by atoms with van der Waals surface area (Å²) in [7, 11) is 1.93. The molecule has 3 rings (SSSR count). The third-order valence-corrected chi connectivity index (χ3v) is 5.45. The molecule has 2 heterocycles. The van der Waals surface area contributed by atoms with Gasteiger partial charge in [-0.25, -0.2) is 4.79 Å². The van der Waals surface area contributed by atoms with Gasteiger partial charge in [-0.05, 0) is 37.2 Å². The van der Waals surface area contributed by atoms with Gasteiger partial charge in [-0.1, -0.05) is 12.8 Å². The van der Waals surface area contributed by atoms with Gasteiger partial charge in [-0.15, -0.1) is 0 Å². The number of hydrogen-bond acceptors (Lipinski definition) is 3. The molecule has 2 unspecified atom stereocenters. The molecule has 1 N–H and O–H groups in total. The molecule has 1 aromatic rings. The first-order valence-electron chi connectivity index (χ1n) is 9.06. The number of likely N-dealkylation sites (tertiary alicyclic amines) is 1. The van der Waals surface area contributed by atoms with E-state index in [1.165, 1.54) is 12.0 Å². The van der Waals surface area contributed by atoms with Crippen LogP contribution in [0.25, 0.3) is 0 Å². The predicted molar refractivity (Wildman–Crippen MR) is 91.3 cm³/mol. The Bertz CT molecular complexity index is 605. The van der Waals surface area contributed by atoms with Crippen LogP contribution in [0.5, 0.6) is 0 Å². The molecule has 1 aliphatic heterocycles. The fourth-order valence-corrected chi connectivity index (χ4v) is 4.09. The van der Waals surface area contributed by atoms with E-state index < -0.39 is 0 Å². The van der Waals surface area contributed by atoms with Crippen molar-refractivity contribution in [2.75, 3.05) is 13.1 Å². The van der Waals surface area contributed by atoms with E-state index in [2.05, 4.69) is 16.5 Å². The number of carbonyl (C=O) groups is 1. The summed E-state index contributed by atoms with van der Waals surface area (Å²) in [4.78, 5) is 14.5. The van der Waals surface area contributed by atoms with Crippen LogP contribution in [-0.2, 0) is 7.05 Å². The van der Waals surface area contributed by atoms with Crippen molar-refractivity contribution >= 4 is 6.03 Å². The Kier molecular flexibility index (Phi) is 5.39. The summed E-state index contributed by atoms with van der Waals surface area (Å²) >= 11 is 0. The number of aromatic nitrogens is 2. The molecule has 2 aliphatic rings. The molecule has 1 aromatic heterocycles.